The molecule has 1 fully saturated rings. The maximum absolute atomic E-state index is 13.8. The van der Waals surface area contributed by atoms with Crippen molar-refractivity contribution in [2.45, 2.75) is 51.6 Å². The third-order valence-corrected chi connectivity index (χ3v) is 6.13. The normalized spacial score (nSPS) is 14.2. The van der Waals surface area contributed by atoms with Crippen LogP contribution in [0.2, 0.25) is 0 Å². The maximum atomic E-state index is 13.8. The van der Waals surface area contributed by atoms with Crippen LogP contribution in [0.15, 0.2) is 71.3 Å². The molecule has 1 aliphatic rings. The van der Waals surface area contributed by atoms with Crippen molar-refractivity contribution in [1.29, 1.82) is 0 Å². The largest absolute Gasteiger partial charge is 0.494 e. The summed E-state index contributed by atoms with van der Waals surface area (Å²) < 4.78 is 11.0. The number of carbonyl (C=O) groups is 3. The Morgan fingerprint density at radius 2 is 1.72 bits per heavy atom. The second-order valence-corrected chi connectivity index (χ2v) is 8.78. The zero-order chi connectivity index (χ0) is 25.5. The Morgan fingerprint density at radius 1 is 1.03 bits per heavy atom. The van der Waals surface area contributed by atoms with Crippen molar-refractivity contribution < 1.29 is 23.5 Å². The maximum Gasteiger partial charge on any atom is 0.294 e. The van der Waals surface area contributed by atoms with Crippen molar-refractivity contribution in [2.75, 3.05) is 16.8 Å². The molecule has 1 aromatic heterocycles. The fraction of sp³-hybridized carbons (Fsp3) is 0.321. The summed E-state index contributed by atoms with van der Waals surface area (Å²) in [5.41, 5.74) is 1.72. The summed E-state index contributed by atoms with van der Waals surface area (Å²) in [6.07, 6.45) is 5.39. The number of carbonyl (C=O) groups excluding carboxylic acids is 3. The number of nitrogens with one attached hydrogen (secondary N) is 2. The van der Waals surface area contributed by atoms with Crippen molar-refractivity contribution in [3.63, 3.8) is 0 Å². The highest BCUT2D eigenvalue weighted by molar-refractivity contribution is 6.08. The van der Waals surface area contributed by atoms with E-state index in [4.69, 9.17) is 9.15 Å². The number of hydrogen-bond donors (Lipinski definition) is 2. The summed E-state index contributed by atoms with van der Waals surface area (Å²) in [5.74, 6) is -0.121. The molecule has 2 aromatic carbocycles. The number of hydrogen-bond acceptors (Lipinski definition) is 5. The summed E-state index contributed by atoms with van der Waals surface area (Å²) in [6.45, 7) is 3.85. The van der Waals surface area contributed by atoms with Gasteiger partial charge in [0.15, 0.2) is 5.76 Å². The first-order valence-corrected chi connectivity index (χ1v) is 12.2. The van der Waals surface area contributed by atoms with Gasteiger partial charge < -0.3 is 19.8 Å². The Bertz CT molecular complexity index is 1170. The minimum absolute atomic E-state index is 0.0744. The molecule has 1 unspecified atom stereocenters. The van der Waals surface area contributed by atoms with Crippen LogP contribution < -0.4 is 20.3 Å². The molecule has 0 radical (unpaired) electrons. The van der Waals surface area contributed by atoms with Crippen molar-refractivity contribution in [3.05, 3.63) is 78.3 Å². The summed E-state index contributed by atoms with van der Waals surface area (Å²) in [5, 5.41) is 5.88. The molecule has 1 saturated carbocycles. The molecule has 36 heavy (non-hydrogen) atoms. The standard InChI is InChI=1S/C28H31N3O5/c1-3-35-24-16-10-20(11-17-24)26(27(33)30-21-7-4-5-8-21)31(28(34)25-9-6-18-36-25)23-14-12-22(13-15-23)29-19(2)32/h6,9-18,21,26H,3-5,7-8H2,1-2H3,(H,29,32)(H,30,33). The fourth-order valence-electron chi connectivity index (χ4n) is 4.49. The van der Waals surface area contributed by atoms with Gasteiger partial charge in [-0.05, 0) is 73.9 Å². The third-order valence-electron chi connectivity index (χ3n) is 6.13. The fourth-order valence-corrected chi connectivity index (χ4v) is 4.49. The van der Waals surface area contributed by atoms with Gasteiger partial charge in [0.1, 0.15) is 11.8 Å². The molecule has 3 amide bonds. The number of ether oxygens (including phenoxy) is 1. The first-order chi connectivity index (χ1) is 17.5. The van der Waals surface area contributed by atoms with Gasteiger partial charge >= 0.3 is 0 Å². The van der Waals surface area contributed by atoms with Crippen LogP contribution in [0.4, 0.5) is 11.4 Å². The van der Waals surface area contributed by atoms with E-state index >= 15 is 0 Å². The van der Waals surface area contributed by atoms with Gasteiger partial charge in [0, 0.05) is 24.3 Å². The van der Waals surface area contributed by atoms with Gasteiger partial charge in [-0.15, -0.1) is 0 Å². The average Bonchev–Trinajstić information content (AvgIpc) is 3.58. The average molecular weight is 490 g/mol. The smallest absolute Gasteiger partial charge is 0.294 e. The Kier molecular flexibility index (Phi) is 8.05. The first kappa shape index (κ1) is 25.0. The summed E-state index contributed by atoms with van der Waals surface area (Å²) in [7, 11) is 0. The van der Waals surface area contributed by atoms with Crippen LogP contribution in [0.5, 0.6) is 5.75 Å². The molecule has 0 bridgehead atoms. The summed E-state index contributed by atoms with van der Waals surface area (Å²) in [6, 6.07) is 16.3. The van der Waals surface area contributed by atoms with Crippen molar-refractivity contribution in [1.82, 2.24) is 5.32 Å². The van der Waals surface area contributed by atoms with Crippen LogP contribution in [0.1, 0.15) is 61.7 Å². The number of furan rings is 1. The van der Waals surface area contributed by atoms with E-state index in [1.54, 1.807) is 60.7 Å². The molecular formula is C28H31N3O5. The molecule has 4 rings (SSSR count). The van der Waals surface area contributed by atoms with Gasteiger partial charge in [-0.2, -0.15) is 0 Å². The summed E-state index contributed by atoms with van der Waals surface area (Å²) >= 11 is 0. The lowest BCUT2D eigenvalue weighted by Gasteiger charge is -2.32. The lowest BCUT2D eigenvalue weighted by molar-refractivity contribution is -0.123. The zero-order valence-electron chi connectivity index (χ0n) is 20.5. The molecule has 0 saturated heterocycles. The topological polar surface area (TPSA) is 101 Å². The van der Waals surface area contributed by atoms with E-state index in [9.17, 15) is 14.4 Å². The van der Waals surface area contributed by atoms with E-state index in [0.29, 0.717) is 29.3 Å². The highest BCUT2D eigenvalue weighted by Gasteiger charge is 2.35. The molecule has 1 heterocycles. The van der Waals surface area contributed by atoms with Gasteiger partial charge in [0.2, 0.25) is 11.8 Å². The van der Waals surface area contributed by atoms with Crippen molar-refractivity contribution >= 4 is 29.1 Å². The second kappa shape index (κ2) is 11.6. The van der Waals surface area contributed by atoms with Gasteiger partial charge in [-0.1, -0.05) is 25.0 Å². The minimum atomic E-state index is -0.953. The number of rotatable bonds is 9. The van der Waals surface area contributed by atoms with Crippen LogP contribution >= 0.6 is 0 Å². The van der Waals surface area contributed by atoms with E-state index in [2.05, 4.69) is 10.6 Å². The van der Waals surface area contributed by atoms with E-state index in [1.807, 2.05) is 6.92 Å². The van der Waals surface area contributed by atoms with Gasteiger partial charge in [-0.25, -0.2) is 0 Å². The van der Waals surface area contributed by atoms with Crippen LogP contribution in [0, 0.1) is 0 Å². The number of nitrogens with zero attached hydrogens (tertiary/aromatic N) is 1. The van der Waals surface area contributed by atoms with Gasteiger partial charge in [0.25, 0.3) is 5.91 Å². The van der Waals surface area contributed by atoms with Crippen molar-refractivity contribution in [2.24, 2.45) is 0 Å². The van der Waals surface area contributed by atoms with Gasteiger partial charge in [0.05, 0.1) is 12.9 Å². The molecule has 2 N–H and O–H groups in total. The Balaban J connectivity index is 1.77. The number of anilines is 2. The molecule has 1 atom stereocenters. The van der Waals surface area contributed by atoms with Crippen LogP contribution in [-0.2, 0) is 9.59 Å². The third kappa shape index (κ3) is 5.94. The minimum Gasteiger partial charge on any atom is -0.494 e. The highest BCUT2D eigenvalue weighted by atomic mass is 16.5. The van der Waals surface area contributed by atoms with E-state index in [0.717, 1.165) is 25.7 Å². The summed E-state index contributed by atoms with van der Waals surface area (Å²) in [4.78, 5) is 40.4. The van der Waals surface area contributed by atoms with Gasteiger partial charge in [-0.3, -0.25) is 19.3 Å². The predicted octanol–water partition coefficient (Wildman–Crippen LogP) is 5.08. The molecular weight excluding hydrogens is 458 g/mol. The first-order valence-electron chi connectivity index (χ1n) is 12.2. The van der Waals surface area contributed by atoms with E-state index in [-0.39, 0.29) is 23.6 Å². The van der Waals surface area contributed by atoms with E-state index in [1.165, 1.54) is 18.1 Å². The second-order valence-electron chi connectivity index (χ2n) is 8.78. The Morgan fingerprint density at radius 3 is 2.31 bits per heavy atom. The number of amides is 3. The lowest BCUT2D eigenvalue weighted by atomic mass is 10.0. The van der Waals surface area contributed by atoms with Crippen molar-refractivity contribution in [3.8, 4) is 5.75 Å². The molecule has 1 aliphatic carbocycles. The molecule has 3 aromatic rings. The monoisotopic (exact) mass is 489 g/mol. The molecule has 8 heteroatoms. The Hall–Kier alpha value is -4.07. The SMILES string of the molecule is CCOc1ccc(C(C(=O)NC2CCCC2)N(C(=O)c2ccco2)c2ccc(NC(C)=O)cc2)cc1. The molecule has 0 spiro atoms. The van der Waals surface area contributed by atoms with Crippen LogP contribution in [-0.4, -0.2) is 30.4 Å². The number of benzene rings is 2. The highest BCUT2D eigenvalue weighted by Crippen LogP contribution is 2.32. The predicted molar refractivity (Wildman–Crippen MR) is 137 cm³/mol. The molecule has 8 nitrogen and oxygen atoms in total. The molecule has 188 valence electrons. The Labute approximate surface area is 210 Å². The van der Waals surface area contributed by atoms with Crippen LogP contribution in [0.25, 0.3) is 0 Å². The van der Waals surface area contributed by atoms with Crippen LogP contribution in [0.3, 0.4) is 0 Å². The zero-order valence-corrected chi connectivity index (χ0v) is 20.5. The lowest BCUT2D eigenvalue weighted by Crippen LogP contribution is -2.46. The quantitative estimate of drug-likeness (QED) is 0.436. The molecule has 0 aliphatic heterocycles. The van der Waals surface area contributed by atoms with E-state index < -0.39 is 11.9 Å².